The maximum Gasteiger partial charge on any atom is 0.343 e. The minimum atomic E-state index is -0.297. The van der Waals surface area contributed by atoms with Gasteiger partial charge in [-0.15, -0.1) is 11.3 Å². The Hall–Kier alpha value is -2.28. The van der Waals surface area contributed by atoms with Crippen LogP contribution in [0.1, 0.15) is 35.1 Å². The van der Waals surface area contributed by atoms with E-state index in [0.29, 0.717) is 12.2 Å². The smallest absolute Gasteiger partial charge is 0.271 e. The molecule has 0 fully saturated rings. The second kappa shape index (κ2) is 5.84. The molecule has 114 valence electrons. The van der Waals surface area contributed by atoms with Crippen molar-refractivity contribution in [3.05, 3.63) is 68.0 Å². The van der Waals surface area contributed by atoms with Crippen LogP contribution in [0.25, 0.3) is 0 Å². The average molecular weight is 318 g/mol. The summed E-state index contributed by atoms with van der Waals surface area (Å²) in [6, 6.07) is 5.90. The Kier molecular flexibility index (Phi) is 3.89. The third-order valence-corrected chi connectivity index (χ3v) is 4.46. The van der Waals surface area contributed by atoms with E-state index in [1.807, 2.05) is 19.2 Å². The molecule has 1 atom stereocenters. The molecule has 0 amide bonds. The second-order valence-electron chi connectivity index (χ2n) is 5.10. The van der Waals surface area contributed by atoms with Crippen LogP contribution in [0.2, 0.25) is 0 Å². The van der Waals surface area contributed by atoms with Crippen molar-refractivity contribution in [3.8, 4) is 0 Å². The van der Waals surface area contributed by atoms with Gasteiger partial charge < -0.3 is 0 Å². The normalized spacial score (nSPS) is 12.5. The van der Waals surface area contributed by atoms with Gasteiger partial charge in [-0.3, -0.25) is 4.57 Å². The van der Waals surface area contributed by atoms with Gasteiger partial charge in [0.05, 0.1) is 12.5 Å². The number of thiazole rings is 1. The van der Waals surface area contributed by atoms with Gasteiger partial charge in [0.25, 0.3) is 0 Å². The summed E-state index contributed by atoms with van der Waals surface area (Å²) >= 11 is 1.54. The van der Waals surface area contributed by atoms with Gasteiger partial charge in [-0.2, -0.15) is 5.10 Å². The molecule has 0 spiro atoms. The predicted octanol–water partition coefficient (Wildman–Crippen LogP) is 2.68. The van der Waals surface area contributed by atoms with E-state index in [1.165, 1.54) is 12.1 Å². The van der Waals surface area contributed by atoms with Crippen LogP contribution in [0.15, 0.2) is 34.4 Å². The van der Waals surface area contributed by atoms with E-state index in [1.54, 1.807) is 28.0 Å². The fourth-order valence-electron chi connectivity index (χ4n) is 2.37. The molecule has 0 bridgehead atoms. The second-order valence-corrected chi connectivity index (χ2v) is 6.04. The van der Waals surface area contributed by atoms with Gasteiger partial charge in [-0.1, -0.05) is 12.1 Å². The topological polar surface area (TPSA) is 63.6 Å². The van der Waals surface area contributed by atoms with Gasteiger partial charge >= 0.3 is 5.69 Å². The SMILES string of the molecule is Cc1csc(Cc2n[nH]c(=O)n2[C@H](C)c2ccc(F)cc2)n1. The maximum atomic E-state index is 13.0. The third kappa shape index (κ3) is 2.85. The van der Waals surface area contributed by atoms with E-state index in [4.69, 9.17) is 0 Å². The lowest BCUT2D eigenvalue weighted by Gasteiger charge is -2.14. The van der Waals surface area contributed by atoms with Crippen molar-refractivity contribution in [1.82, 2.24) is 19.7 Å². The zero-order valence-electron chi connectivity index (χ0n) is 12.2. The molecule has 1 aromatic carbocycles. The number of nitrogens with zero attached hydrogens (tertiary/aromatic N) is 3. The molecule has 0 radical (unpaired) electrons. The van der Waals surface area contributed by atoms with E-state index in [-0.39, 0.29) is 17.5 Å². The zero-order chi connectivity index (χ0) is 15.7. The largest absolute Gasteiger partial charge is 0.343 e. The van der Waals surface area contributed by atoms with E-state index in [2.05, 4.69) is 15.2 Å². The summed E-state index contributed by atoms with van der Waals surface area (Å²) in [7, 11) is 0. The molecule has 1 N–H and O–H groups in total. The van der Waals surface area contributed by atoms with Crippen LogP contribution in [-0.4, -0.2) is 19.7 Å². The summed E-state index contributed by atoms with van der Waals surface area (Å²) in [6.07, 6.45) is 0.489. The number of aromatic amines is 1. The molecule has 3 aromatic rings. The summed E-state index contributed by atoms with van der Waals surface area (Å²) < 4.78 is 14.6. The Morgan fingerprint density at radius 2 is 2.09 bits per heavy atom. The van der Waals surface area contributed by atoms with Crippen LogP contribution < -0.4 is 5.69 Å². The van der Waals surface area contributed by atoms with Gasteiger partial charge in [-0.05, 0) is 31.5 Å². The van der Waals surface area contributed by atoms with E-state index < -0.39 is 0 Å². The average Bonchev–Trinajstić information content (AvgIpc) is 3.06. The highest BCUT2D eigenvalue weighted by Gasteiger charge is 2.17. The molecule has 2 heterocycles. The fourth-order valence-corrected chi connectivity index (χ4v) is 3.14. The highest BCUT2D eigenvalue weighted by molar-refractivity contribution is 7.09. The number of H-pyrrole nitrogens is 1. The zero-order valence-corrected chi connectivity index (χ0v) is 13.0. The molecule has 0 aliphatic carbocycles. The molecular formula is C15H15FN4OS. The Labute approximate surface area is 130 Å². The first kappa shape index (κ1) is 14.6. The van der Waals surface area contributed by atoms with Crippen LogP contribution in [0, 0.1) is 12.7 Å². The molecule has 0 aliphatic heterocycles. The van der Waals surface area contributed by atoms with Crippen molar-refractivity contribution in [2.24, 2.45) is 0 Å². The summed E-state index contributed by atoms with van der Waals surface area (Å²) in [6.45, 7) is 3.82. The summed E-state index contributed by atoms with van der Waals surface area (Å²) in [5, 5.41) is 9.46. The van der Waals surface area contributed by atoms with Crippen molar-refractivity contribution < 1.29 is 4.39 Å². The van der Waals surface area contributed by atoms with Gasteiger partial charge in [-0.25, -0.2) is 19.3 Å². The maximum absolute atomic E-state index is 13.0. The monoisotopic (exact) mass is 318 g/mol. The molecule has 0 unspecified atom stereocenters. The molecule has 5 nitrogen and oxygen atoms in total. The fraction of sp³-hybridized carbons (Fsp3) is 0.267. The lowest BCUT2D eigenvalue weighted by molar-refractivity contribution is 0.585. The van der Waals surface area contributed by atoms with Crippen molar-refractivity contribution in [2.45, 2.75) is 26.3 Å². The van der Waals surface area contributed by atoms with Crippen LogP contribution >= 0.6 is 11.3 Å². The van der Waals surface area contributed by atoms with E-state index >= 15 is 0 Å². The number of aryl methyl sites for hydroxylation is 1. The van der Waals surface area contributed by atoms with E-state index in [9.17, 15) is 9.18 Å². The highest BCUT2D eigenvalue weighted by Crippen LogP contribution is 2.20. The van der Waals surface area contributed by atoms with Crippen LogP contribution in [-0.2, 0) is 6.42 Å². The van der Waals surface area contributed by atoms with Gasteiger partial charge in [0, 0.05) is 11.1 Å². The number of halogens is 1. The molecule has 22 heavy (non-hydrogen) atoms. The van der Waals surface area contributed by atoms with Crippen LogP contribution in [0.3, 0.4) is 0 Å². The first-order valence-electron chi connectivity index (χ1n) is 6.87. The van der Waals surface area contributed by atoms with Crippen molar-refractivity contribution in [3.63, 3.8) is 0 Å². The molecular weight excluding hydrogens is 303 g/mol. The van der Waals surface area contributed by atoms with Gasteiger partial charge in [0.15, 0.2) is 0 Å². The van der Waals surface area contributed by atoms with Gasteiger partial charge in [0.1, 0.15) is 16.6 Å². The highest BCUT2D eigenvalue weighted by atomic mass is 32.1. The first-order chi connectivity index (χ1) is 10.5. The molecule has 2 aromatic heterocycles. The lowest BCUT2D eigenvalue weighted by Crippen LogP contribution is -2.23. The lowest BCUT2D eigenvalue weighted by atomic mass is 10.1. The number of aromatic nitrogens is 4. The molecule has 0 saturated heterocycles. The summed E-state index contributed by atoms with van der Waals surface area (Å²) in [5.74, 6) is 0.324. The van der Waals surface area contributed by atoms with Crippen molar-refractivity contribution in [1.29, 1.82) is 0 Å². The quantitative estimate of drug-likeness (QED) is 0.804. The number of hydrogen-bond acceptors (Lipinski definition) is 4. The van der Waals surface area contributed by atoms with Gasteiger partial charge in [0.2, 0.25) is 0 Å². The Bertz CT molecular complexity index is 834. The predicted molar refractivity (Wildman–Crippen MR) is 82.7 cm³/mol. The molecule has 3 rings (SSSR count). The molecule has 7 heteroatoms. The number of rotatable bonds is 4. The minimum Gasteiger partial charge on any atom is -0.271 e. The molecule has 0 saturated carbocycles. The Balaban J connectivity index is 1.94. The third-order valence-electron chi connectivity index (χ3n) is 3.49. The van der Waals surface area contributed by atoms with Crippen molar-refractivity contribution >= 4 is 11.3 Å². The summed E-state index contributed by atoms with van der Waals surface area (Å²) in [5.41, 5.74) is 1.53. The number of benzene rings is 1. The first-order valence-corrected chi connectivity index (χ1v) is 7.75. The Morgan fingerprint density at radius 1 is 1.36 bits per heavy atom. The standard InChI is InChI=1S/C15H15FN4OS/c1-9-8-22-14(17-9)7-13-18-19-15(21)20(13)10(2)11-3-5-12(16)6-4-11/h3-6,8,10H,7H2,1-2H3,(H,19,21)/t10-/m1/s1. The molecule has 0 aliphatic rings. The van der Waals surface area contributed by atoms with Crippen LogP contribution in [0.4, 0.5) is 4.39 Å². The summed E-state index contributed by atoms with van der Waals surface area (Å²) in [4.78, 5) is 16.5. The Morgan fingerprint density at radius 3 is 2.73 bits per heavy atom. The number of nitrogens with one attached hydrogen (secondary N) is 1. The van der Waals surface area contributed by atoms with Crippen molar-refractivity contribution in [2.75, 3.05) is 0 Å². The minimum absolute atomic E-state index is 0.233. The van der Waals surface area contributed by atoms with E-state index in [0.717, 1.165) is 16.3 Å². The van der Waals surface area contributed by atoms with Crippen LogP contribution in [0.5, 0.6) is 0 Å². The number of hydrogen-bond donors (Lipinski definition) is 1.